The molecule has 1 N–H and O–H groups in total. The van der Waals surface area contributed by atoms with E-state index >= 15 is 0 Å². The summed E-state index contributed by atoms with van der Waals surface area (Å²) < 4.78 is 0. The van der Waals surface area contributed by atoms with Crippen LogP contribution in [0.15, 0.2) is 78.8 Å². The standard InChI is InChI=1S/C23H18ClN3O2/c1-15-4-2-6-19(12-15)26-21-20(17-7-9-18(24)10-8-17)22(28)27(23(21)29)14-16-5-3-11-25-13-16/h2-13,26H,14H2,1H3. The maximum absolute atomic E-state index is 13.2. The third-order valence-electron chi connectivity index (χ3n) is 4.65. The van der Waals surface area contributed by atoms with E-state index in [-0.39, 0.29) is 24.1 Å². The van der Waals surface area contributed by atoms with Crippen LogP contribution >= 0.6 is 11.6 Å². The second-order valence-electron chi connectivity index (χ2n) is 6.81. The number of hydrogen-bond donors (Lipinski definition) is 1. The van der Waals surface area contributed by atoms with E-state index < -0.39 is 0 Å². The summed E-state index contributed by atoms with van der Waals surface area (Å²) in [6, 6.07) is 18.2. The van der Waals surface area contributed by atoms with Gasteiger partial charge in [0.25, 0.3) is 11.8 Å². The van der Waals surface area contributed by atoms with E-state index in [0.29, 0.717) is 16.2 Å². The Morgan fingerprint density at radius 1 is 1.00 bits per heavy atom. The molecule has 6 heteroatoms. The molecule has 1 aromatic heterocycles. The largest absolute Gasteiger partial charge is 0.350 e. The van der Waals surface area contributed by atoms with Crippen LogP contribution in [0.5, 0.6) is 0 Å². The zero-order valence-electron chi connectivity index (χ0n) is 15.7. The van der Waals surface area contributed by atoms with E-state index in [0.717, 1.165) is 16.8 Å². The second-order valence-corrected chi connectivity index (χ2v) is 7.25. The van der Waals surface area contributed by atoms with Crippen molar-refractivity contribution < 1.29 is 9.59 Å². The highest BCUT2D eigenvalue weighted by Gasteiger charge is 2.39. The molecule has 0 saturated carbocycles. The van der Waals surface area contributed by atoms with Gasteiger partial charge in [0.2, 0.25) is 0 Å². The first-order valence-electron chi connectivity index (χ1n) is 9.12. The Labute approximate surface area is 173 Å². The van der Waals surface area contributed by atoms with Crippen molar-refractivity contribution in [1.29, 1.82) is 0 Å². The van der Waals surface area contributed by atoms with Crippen molar-refractivity contribution in [2.75, 3.05) is 5.32 Å². The number of rotatable bonds is 5. The van der Waals surface area contributed by atoms with Crippen LogP contribution < -0.4 is 5.32 Å². The normalized spacial score (nSPS) is 13.9. The van der Waals surface area contributed by atoms with E-state index in [1.807, 2.05) is 37.3 Å². The Balaban J connectivity index is 1.75. The number of amides is 2. The molecule has 0 saturated heterocycles. The van der Waals surface area contributed by atoms with Gasteiger partial charge in [0.05, 0.1) is 12.1 Å². The number of carbonyl (C=O) groups excluding carboxylic acids is 2. The Morgan fingerprint density at radius 3 is 2.48 bits per heavy atom. The summed E-state index contributed by atoms with van der Waals surface area (Å²) in [5.41, 5.74) is 3.80. The lowest BCUT2D eigenvalue weighted by molar-refractivity contribution is -0.137. The Kier molecular flexibility index (Phi) is 5.14. The molecular weight excluding hydrogens is 386 g/mol. The van der Waals surface area contributed by atoms with E-state index in [9.17, 15) is 9.59 Å². The maximum Gasteiger partial charge on any atom is 0.278 e. The fourth-order valence-corrected chi connectivity index (χ4v) is 3.39. The average molecular weight is 404 g/mol. The molecule has 0 aliphatic carbocycles. The first-order chi connectivity index (χ1) is 14.0. The van der Waals surface area contributed by atoms with Gasteiger partial charge in [-0.05, 0) is 53.9 Å². The van der Waals surface area contributed by atoms with Crippen LogP contribution in [0.3, 0.4) is 0 Å². The minimum atomic E-state index is -0.370. The highest BCUT2D eigenvalue weighted by atomic mass is 35.5. The van der Waals surface area contributed by atoms with Crippen LogP contribution in [-0.4, -0.2) is 21.7 Å². The summed E-state index contributed by atoms with van der Waals surface area (Å²) in [5, 5.41) is 3.72. The van der Waals surface area contributed by atoms with Crippen molar-refractivity contribution >= 4 is 34.7 Å². The zero-order chi connectivity index (χ0) is 20.4. The minimum Gasteiger partial charge on any atom is -0.350 e. The molecule has 0 bridgehead atoms. The molecule has 0 spiro atoms. The fraction of sp³-hybridized carbons (Fsp3) is 0.0870. The molecule has 5 nitrogen and oxygen atoms in total. The molecule has 2 aromatic carbocycles. The summed E-state index contributed by atoms with van der Waals surface area (Å²) in [4.78, 5) is 31.7. The smallest absolute Gasteiger partial charge is 0.278 e. The number of benzene rings is 2. The molecule has 29 heavy (non-hydrogen) atoms. The van der Waals surface area contributed by atoms with E-state index in [4.69, 9.17) is 11.6 Å². The van der Waals surface area contributed by atoms with Crippen LogP contribution in [0.4, 0.5) is 5.69 Å². The van der Waals surface area contributed by atoms with Crippen LogP contribution in [0.1, 0.15) is 16.7 Å². The first kappa shape index (κ1) is 18.9. The fourth-order valence-electron chi connectivity index (χ4n) is 3.26. The topological polar surface area (TPSA) is 62.3 Å². The van der Waals surface area contributed by atoms with Crippen molar-refractivity contribution in [3.8, 4) is 0 Å². The Hall–Kier alpha value is -3.44. The molecule has 144 valence electrons. The van der Waals surface area contributed by atoms with Gasteiger partial charge >= 0.3 is 0 Å². The number of pyridine rings is 1. The summed E-state index contributed by atoms with van der Waals surface area (Å²) in [7, 11) is 0. The number of nitrogens with one attached hydrogen (secondary N) is 1. The molecule has 0 fully saturated rings. The third kappa shape index (κ3) is 3.91. The molecule has 0 atom stereocenters. The molecule has 0 unspecified atom stereocenters. The predicted molar refractivity (Wildman–Crippen MR) is 113 cm³/mol. The quantitative estimate of drug-likeness (QED) is 0.640. The van der Waals surface area contributed by atoms with Crippen molar-refractivity contribution in [1.82, 2.24) is 9.88 Å². The van der Waals surface area contributed by atoms with Crippen molar-refractivity contribution in [3.05, 3.63) is 100 Å². The van der Waals surface area contributed by atoms with Crippen LogP contribution in [-0.2, 0) is 16.1 Å². The molecule has 3 aromatic rings. The van der Waals surface area contributed by atoms with E-state index in [1.165, 1.54) is 4.90 Å². The number of hydrogen-bond acceptors (Lipinski definition) is 4. The molecule has 2 amide bonds. The number of halogens is 1. The van der Waals surface area contributed by atoms with Gasteiger partial charge in [0.1, 0.15) is 5.70 Å². The molecule has 1 aliphatic heterocycles. The average Bonchev–Trinajstić information content (AvgIpc) is 2.94. The van der Waals surface area contributed by atoms with Gasteiger partial charge in [0.15, 0.2) is 0 Å². The lowest BCUT2D eigenvalue weighted by Gasteiger charge is -2.15. The minimum absolute atomic E-state index is 0.154. The Bertz CT molecular complexity index is 1110. The number of imide groups is 1. The summed E-state index contributed by atoms with van der Waals surface area (Å²) in [6.45, 7) is 2.12. The van der Waals surface area contributed by atoms with E-state index in [2.05, 4.69) is 10.3 Å². The monoisotopic (exact) mass is 403 g/mol. The molecule has 0 radical (unpaired) electrons. The highest BCUT2D eigenvalue weighted by Crippen LogP contribution is 2.32. The lowest BCUT2D eigenvalue weighted by Crippen LogP contribution is -2.32. The predicted octanol–water partition coefficient (Wildman–Crippen LogP) is 4.44. The van der Waals surface area contributed by atoms with Crippen LogP contribution in [0.25, 0.3) is 5.57 Å². The number of anilines is 1. The molecule has 2 heterocycles. The third-order valence-corrected chi connectivity index (χ3v) is 4.90. The van der Waals surface area contributed by atoms with Crippen molar-refractivity contribution in [2.45, 2.75) is 13.5 Å². The van der Waals surface area contributed by atoms with Gasteiger partial charge in [0, 0.05) is 23.1 Å². The number of nitrogens with zero attached hydrogens (tertiary/aromatic N) is 2. The first-order valence-corrected chi connectivity index (χ1v) is 9.50. The number of aryl methyl sites for hydroxylation is 1. The molecule has 1 aliphatic rings. The van der Waals surface area contributed by atoms with E-state index in [1.54, 1.807) is 42.7 Å². The Morgan fingerprint density at radius 2 is 1.79 bits per heavy atom. The second kappa shape index (κ2) is 7.89. The lowest BCUT2D eigenvalue weighted by atomic mass is 10.0. The van der Waals surface area contributed by atoms with Gasteiger partial charge in [-0.25, -0.2) is 0 Å². The molecule has 4 rings (SSSR count). The summed E-state index contributed by atoms with van der Waals surface area (Å²) in [5.74, 6) is -0.721. The maximum atomic E-state index is 13.2. The van der Waals surface area contributed by atoms with Gasteiger partial charge in [-0.3, -0.25) is 19.5 Å². The number of aromatic nitrogens is 1. The van der Waals surface area contributed by atoms with Gasteiger partial charge in [-0.1, -0.05) is 41.9 Å². The van der Waals surface area contributed by atoms with Gasteiger partial charge in [-0.2, -0.15) is 0 Å². The SMILES string of the molecule is Cc1cccc(NC2=C(c3ccc(Cl)cc3)C(=O)N(Cc3cccnc3)C2=O)c1. The van der Waals surface area contributed by atoms with Gasteiger partial charge in [-0.15, -0.1) is 0 Å². The highest BCUT2D eigenvalue weighted by molar-refractivity contribution is 6.36. The van der Waals surface area contributed by atoms with Crippen LogP contribution in [0, 0.1) is 6.92 Å². The van der Waals surface area contributed by atoms with Crippen LogP contribution in [0.2, 0.25) is 5.02 Å². The van der Waals surface area contributed by atoms with Crippen molar-refractivity contribution in [2.24, 2.45) is 0 Å². The van der Waals surface area contributed by atoms with Gasteiger partial charge < -0.3 is 5.32 Å². The van der Waals surface area contributed by atoms with Crippen molar-refractivity contribution in [3.63, 3.8) is 0 Å². The zero-order valence-corrected chi connectivity index (χ0v) is 16.5. The number of carbonyl (C=O) groups is 2. The summed E-state index contributed by atoms with van der Waals surface area (Å²) >= 11 is 6.00. The summed E-state index contributed by atoms with van der Waals surface area (Å²) in [6.07, 6.45) is 3.30. The molecular formula is C23H18ClN3O2.